The molecule has 0 unspecified atom stereocenters. The van der Waals surface area contributed by atoms with Gasteiger partial charge in [0.05, 0.1) is 10.9 Å². The molecule has 0 aromatic heterocycles. The van der Waals surface area contributed by atoms with Crippen LogP contribution in [0.3, 0.4) is 0 Å². The number of sulfonamides is 1. The fourth-order valence-corrected chi connectivity index (χ4v) is 3.89. The number of nitrogens with zero attached hydrogens (tertiary/aromatic N) is 1. The van der Waals surface area contributed by atoms with E-state index in [0.29, 0.717) is 0 Å². The van der Waals surface area contributed by atoms with Crippen LogP contribution in [0.4, 0.5) is 0 Å². The second-order valence-corrected chi connectivity index (χ2v) is 7.33. The number of ketones is 1. The second kappa shape index (κ2) is 4.72. The van der Waals surface area contributed by atoms with E-state index in [1.807, 2.05) is 20.8 Å². The van der Waals surface area contributed by atoms with Crippen molar-refractivity contribution in [2.75, 3.05) is 7.05 Å². The number of aryl methyl sites for hydroxylation is 1. The highest BCUT2D eigenvalue weighted by Crippen LogP contribution is 2.35. The standard InChI is InChI=1S/C14H19NO3S/c1-9-5-7-12(8-6-9)19(17,18)15(4)13-10(2)11(3)14(13)16/h5-8,10-11,13H,1-4H3/t10-,11+,13+/m1/s1. The molecule has 1 saturated carbocycles. The molecule has 4 nitrogen and oxygen atoms in total. The summed E-state index contributed by atoms with van der Waals surface area (Å²) < 4.78 is 26.1. The molecular formula is C14H19NO3S. The Kier molecular flexibility index (Phi) is 3.53. The van der Waals surface area contributed by atoms with Gasteiger partial charge < -0.3 is 0 Å². The van der Waals surface area contributed by atoms with E-state index in [1.165, 1.54) is 11.4 Å². The van der Waals surface area contributed by atoms with E-state index in [2.05, 4.69) is 0 Å². The largest absolute Gasteiger partial charge is 0.298 e. The fourth-order valence-electron chi connectivity index (χ4n) is 2.48. The van der Waals surface area contributed by atoms with Crippen LogP contribution in [0.25, 0.3) is 0 Å². The number of carbonyl (C=O) groups excluding carboxylic acids is 1. The molecule has 1 aliphatic carbocycles. The van der Waals surface area contributed by atoms with Crippen LogP contribution in [0, 0.1) is 18.8 Å². The molecule has 1 fully saturated rings. The zero-order valence-electron chi connectivity index (χ0n) is 11.6. The molecule has 0 aliphatic heterocycles. The van der Waals surface area contributed by atoms with Crippen LogP contribution in [0.2, 0.25) is 0 Å². The lowest BCUT2D eigenvalue weighted by atomic mass is 9.70. The molecule has 104 valence electrons. The van der Waals surface area contributed by atoms with Gasteiger partial charge in [0, 0.05) is 13.0 Å². The highest BCUT2D eigenvalue weighted by atomic mass is 32.2. The number of benzene rings is 1. The van der Waals surface area contributed by atoms with Gasteiger partial charge in [-0.05, 0) is 25.0 Å². The van der Waals surface area contributed by atoms with Gasteiger partial charge in [-0.3, -0.25) is 4.79 Å². The summed E-state index contributed by atoms with van der Waals surface area (Å²) in [5.74, 6) is 0.0177. The van der Waals surface area contributed by atoms with Gasteiger partial charge in [0.15, 0.2) is 5.78 Å². The summed E-state index contributed by atoms with van der Waals surface area (Å²) in [6, 6.07) is 6.16. The van der Waals surface area contributed by atoms with E-state index in [4.69, 9.17) is 0 Å². The number of hydrogen-bond donors (Lipinski definition) is 0. The van der Waals surface area contributed by atoms with Crippen LogP contribution in [0.15, 0.2) is 29.2 Å². The summed E-state index contributed by atoms with van der Waals surface area (Å²) in [4.78, 5) is 12.1. The molecule has 19 heavy (non-hydrogen) atoms. The lowest BCUT2D eigenvalue weighted by Gasteiger charge is -2.43. The first kappa shape index (κ1) is 14.2. The summed E-state index contributed by atoms with van der Waals surface area (Å²) in [5.41, 5.74) is 1.00. The molecule has 1 aliphatic rings. The summed E-state index contributed by atoms with van der Waals surface area (Å²) in [5, 5.41) is 0. The highest BCUT2D eigenvalue weighted by Gasteiger charge is 2.49. The molecule has 0 bridgehead atoms. The third-order valence-electron chi connectivity index (χ3n) is 4.12. The van der Waals surface area contributed by atoms with Gasteiger partial charge in [-0.25, -0.2) is 8.42 Å². The minimum Gasteiger partial charge on any atom is -0.298 e. The van der Waals surface area contributed by atoms with Crippen LogP contribution in [0.5, 0.6) is 0 Å². The van der Waals surface area contributed by atoms with Gasteiger partial charge in [0.1, 0.15) is 0 Å². The molecule has 0 saturated heterocycles. The Morgan fingerprint density at radius 3 is 2.11 bits per heavy atom. The summed E-state index contributed by atoms with van der Waals surface area (Å²) in [7, 11) is -2.11. The third kappa shape index (κ3) is 2.21. The van der Waals surface area contributed by atoms with E-state index in [1.54, 1.807) is 24.3 Å². The molecule has 0 N–H and O–H groups in total. The maximum Gasteiger partial charge on any atom is 0.243 e. The Morgan fingerprint density at radius 2 is 1.63 bits per heavy atom. The lowest BCUT2D eigenvalue weighted by Crippen LogP contribution is -2.59. The summed E-state index contributed by atoms with van der Waals surface area (Å²) >= 11 is 0. The van der Waals surface area contributed by atoms with Crippen LogP contribution >= 0.6 is 0 Å². The molecule has 0 amide bonds. The van der Waals surface area contributed by atoms with Crippen molar-refractivity contribution >= 4 is 15.8 Å². The molecule has 0 heterocycles. The minimum atomic E-state index is -3.59. The van der Waals surface area contributed by atoms with Gasteiger partial charge >= 0.3 is 0 Å². The van der Waals surface area contributed by atoms with Crippen LogP contribution in [0.1, 0.15) is 19.4 Å². The SMILES string of the molecule is Cc1ccc(S(=O)(=O)N(C)[C@@H]2C(=O)[C@@H](C)[C@H]2C)cc1. The highest BCUT2D eigenvalue weighted by molar-refractivity contribution is 7.89. The van der Waals surface area contributed by atoms with Crippen molar-refractivity contribution in [3.63, 3.8) is 0 Å². The van der Waals surface area contributed by atoms with Gasteiger partial charge in [-0.15, -0.1) is 0 Å². The number of carbonyl (C=O) groups is 1. The average Bonchev–Trinajstić information content (AvgIpc) is 2.38. The zero-order valence-corrected chi connectivity index (χ0v) is 12.4. The van der Waals surface area contributed by atoms with Crippen molar-refractivity contribution in [2.45, 2.75) is 31.7 Å². The Labute approximate surface area is 114 Å². The quantitative estimate of drug-likeness (QED) is 0.849. The van der Waals surface area contributed by atoms with Crippen molar-refractivity contribution in [2.24, 2.45) is 11.8 Å². The van der Waals surface area contributed by atoms with Crippen molar-refractivity contribution < 1.29 is 13.2 Å². The lowest BCUT2D eigenvalue weighted by molar-refractivity contribution is -0.139. The number of likely N-dealkylation sites (N-methyl/N-ethyl adjacent to an activating group) is 1. The van der Waals surface area contributed by atoms with Crippen molar-refractivity contribution in [1.29, 1.82) is 0 Å². The van der Waals surface area contributed by atoms with Gasteiger partial charge in [0.25, 0.3) is 0 Å². The second-order valence-electron chi connectivity index (χ2n) is 5.33. The van der Waals surface area contributed by atoms with E-state index < -0.39 is 16.1 Å². The molecule has 3 atom stereocenters. The van der Waals surface area contributed by atoms with Crippen molar-refractivity contribution in [3.8, 4) is 0 Å². The molecule has 0 spiro atoms. The molecule has 1 aromatic rings. The first-order valence-corrected chi connectivity index (χ1v) is 7.79. The minimum absolute atomic E-state index is 0.00527. The predicted molar refractivity (Wildman–Crippen MR) is 73.3 cm³/mol. The number of hydrogen-bond acceptors (Lipinski definition) is 3. The zero-order chi connectivity index (χ0) is 14.4. The Balaban J connectivity index is 2.30. The average molecular weight is 281 g/mol. The smallest absolute Gasteiger partial charge is 0.243 e. The monoisotopic (exact) mass is 281 g/mol. The van der Waals surface area contributed by atoms with Crippen molar-refractivity contribution in [3.05, 3.63) is 29.8 Å². The van der Waals surface area contributed by atoms with Crippen LogP contribution in [-0.4, -0.2) is 31.6 Å². The van der Waals surface area contributed by atoms with Crippen molar-refractivity contribution in [1.82, 2.24) is 4.31 Å². The van der Waals surface area contributed by atoms with Gasteiger partial charge in [-0.1, -0.05) is 31.5 Å². The molecular weight excluding hydrogens is 262 g/mol. The first-order chi connectivity index (χ1) is 8.76. The van der Waals surface area contributed by atoms with Gasteiger partial charge in [0.2, 0.25) is 10.0 Å². The van der Waals surface area contributed by atoms with E-state index in [-0.39, 0.29) is 22.5 Å². The molecule has 0 radical (unpaired) electrons. The van der Waals surface area contributed by atoms with E-state index >= 15 is 0 Å². The Bertz CT molecular complexity index is 592. The normalized spacial score (nSPS) is 27.4. The topological polar surface area (TPSA) is 54.5 Å². The maximum atomic E-state index is 12.4. The fraction of sp³-hybridized carbons (Fsp3) is 0.500. The summed E-state index contributed by atoms with van der Waals surface area (Å²) in [6.07, 6.45) is 0. The number of rotatable bonds is 3. The molecule has 5 heteroatoms. The molecule has 2 rings (SSSR count). The van der Waals surface area contributed by atoms with Gasteiger partial charge in [-0.2, -0.15) is 4.31 Å². The Hall–Kier alpha value is -1.20. The summed E-state index contributed by atoms with van der Waals surface area (Å²) in [6.45, 7) is 5.66. The first-order valence-electron chi connectivity index (χ1n) is 6.35. The van der Waals surface area contributed by atoms with E-state index in [0.717, 1.165) is 5.56 Å². The van der Waals surface area contributed by atoms with Crippen LogP contribution in [-0.2, 0) is 14.8 Å². The molecule has 1 aromatic carbocycles. The Morgan fingerprint density at radius 1 is 1.11 bits per heavy atom. The van der Waals surface area contributed by atoms with E-state index in [9.17, 15) is 13.2 Å². The number of Topliss-reactive ketones (excluding diaryl/α,β-unsaturated/α-hetero) is 1. The predicted octanol–water partition coefficient (Wildman–Crippen LogP) is 1.84. The third-order valence-corrected chi connectivity index (χ3v) is 5.97. The maximum absolute atomic E-state index is 12.4. The van der Waals surface area contributed by atoms with Crippen LogP contribution < -0.4 is 0 Å².